The van der Waals surface area contributed by atoms with E-state index in [1.807, 2.05) is 26.2 Å². The zero-order chi connectivity index (χ0) is 16.5. The molecule has 0 amide bonds. The molecule has 6 heteroatoms. The van der Waals surface area contributed by atoms with Crippen molar-refractivity contribution in [1.82, 2.24) is 9.80 Å². The lowest BCUT2D eigenvalue weighted by Gasteiger charge is -2.21. The van der Waals surface area contributed by atoms with Crippen LogP contribution in [0.3, 0.4) is 0 Å². The second kappa shape index (κ2) is 11.5. The molecular formula is C18H31IN4O. The van der Waals surface area contributed by atoms with Gasteiger partial charge in [-0.2, -0.15) is 0 Å². The van der Waals surface area contributed by atoms with Gasteiger partial charge < -0.3 is 20.3 Å². The number of hydrogen-bond acceptors (Lipinski definition) is 3. The normalized spacial score (nSPS) is 15.8. The zero-order valence-electron chi connectivity index (χ0n) is 14.9. The maximum atomic E-state index is 6.16. The smallest absolute Gasteiger partial charge is 0.191 e. The largest absolute Gasteiger partial charge is 0.492 e. The van der Waals surface area contributed by atoms with Crippen LogP contribution in [0.25, 0.3) is 0 Å². The Balaban J connectivity index is 0.00000288. The third kappa shape index (κ3) is 7.70. The van der Waals surface area contributed by atoms with Crippen LogP contribution in [-0.2, 0) is 6.54 Å². The summed E-state index contributed by atoms with van der Waals surface area (Å²) in [6.07, 6.45) is 5.03. The highest BCUT2D eigenvalue weighted by atomic mass is 127. The monoisotopic (exact) mass is 446 g/mol. The summed E-state index contributed by atoms with van der Waals surface area (Å²) >= 11 is 0. The molecule has 0 atom stereocenters. The third-order valence-corrected chi connectivity index (χ3v) is 4.06. The molecule has 0 saturated carbocycles. The van der Waals surface area contributed by atoms with Crippen LogP contribution in [0.4, 0.5) is 0 Å². The van der Waals surface area contributed by atoms with Gasteiger partial charge in [-0.25, -0.2) is 4.99 Å². The Kier molecular flexibility index (Phi) is 10.1. The number of guanidine groups is 1. The summed E-state index contributed by atoms with van der Waals surface area (Å²) in [4.78, 5) is 8.89. The van der Waals surface area contributed by atoms with Crippen LogP contribution in [0.15, 0.2) is 29.3 Å². The summed E-state index contributed by atoms with van der Waals surface area (Å²) in [6.45, 7) is 4.26. The standard InChI is InChI=1S/C18H30N4O.HI/c1-21(2)12-13-23-17-9-7-8-16(14-17)15-20-18(19)22-10-5-3-4-6-11-22;/h7-9,14H,3-6,10-13,15H2,1-2H3,(H2,19,20);1H. The Morgan fingerprint density at radius 3 is 2.58 bits per heavy atom. The predicted octanol–water partition coefficient (Wildman–Crippen LogP) is 2.94. The van der Waals surface area contributed by atoms with E-state index in [1.165, 1.54) is 25.7 Å². The maximum Gasteiger partial charge on any atom is 0.191 e. The molecule has 1 aromatic carbocycles. The average molecular weight is 446 g/mol. The van der Waals surface area contributed by atoms with Gasteiger partial charge in [-0.3, -0.25) is 0 Å². The summed E-state index contributed by atoms with van der Waals surface area (Å²) in [5.41, 5.74) is 7.29. The lowest BCUT2D eigenvalue weighted by molar-refractivity contribution is 0.261. The number of hydrogen-bond donors (Lipinski definition) is 1. The van der Waals surface area contributed by atoms with Crippen molar-refractivity contribution in [2.75, 3.05) is 40.3 Å². The van der Waals surface area contributed by atoms with E-state index in [2.05, 4.69) is 26.9 Å². The Morgan fingerprint density at radius 2 is 1.92 bits per heavy atom. The van der Waals surface area contributed by atoms with E-state index >= 15 is 0 Å². The summed E-state index contributed by atoms with van der Waals surface area (Å²) in [5, 5.41) is 0. The van der Waals surface area contributed by atoms with E-state index < -0.39 is 0 Å². The van der Waals surface area contributed by atoms with Crippen LogP contribution in [0.1, 0.15) is 31.2 Å². The van der Waals surface area contributed by atoms with E-state index in [9.17, 15) is 0 Å². The van der Waals surface area contributed by atoms with Crippen molar-refractivity contribution in [3.8, 4) is 5.75 Å². The van der Waals surface area contributed by atoms with Gasteiger partial charge in [0.25, 0.3) is 0 Å². The number of halogens is 1. The number of rotatable bonds is 6. The lowest BCUT2D eigenvalue weighted by atomic mass is 10.2. The highest BCUT2D eigenvalue weighted by Crippen LogP contribution is 2.15. The molecule has 1 aliphatic rings. The van der Waals surface area contributed by atoms with E-state index in [-0.39, 0.29) is 24.0 Å². The van der Waals surface area contributed by atoms with Gasteiger partial charge in [0.1, 0.15) is 12.4 Å². The minimum absolute atomic E-state index is 0. The number of likely N-dealkylation sites (N-methyl/N-ethyl adjacent to an activating group) is 1. The Hall–Kier alpha value is -1.02. The second-order valence-corrected chi connectivity index (χ2v) is 6.37. The van der Waals surface area contributed by atoms with E-state index in [4.69, 9.17) is 10.5 Å². The first-order chi connectivity index (χ1) is 11.1. The van der Waals surface area contributed by atoms with Crippen LogP contribution < -0.4 is 10.5 Å². The van der Waals surface area contributed by atoms with Crippen LogP contribution in [0.5, 0.6) is 5.75 Å². The Labute approximate surface area is 163 Å². The molecule has 0 aromatic heterocycles. The summed E-state index contributed by atoms with van der Waals surface area (Å²) in [5.74, 6) is 1.57. The van der Waals surface area contributed by atoms with Crippen molar-refractivity contribution in [2.45, 2.75) is 32.2 Å². The van der Waals surface area contributed by atoms with E-state index in [0.29, 0.717) is 19.1 Å². The predicted molar refractivity (Wildman–Crippen MR) is 111 cm³/mol. The minimum Gasteiger partial charge on any atom is -0.492 e. The topological polar surface area (TPSA) is 54.1 Å². The SMILES string of the molecule is CN(C)CCOc1cccc(CN=C(N)N2CCCCCC2)c1.I. The van der Waals surface area contributed by atoms with Gasteiger partial charge in [-0.15, -0.1) is 24.0 Å². The number of nitrogens with two attached hydrogens (primary N) is 1. The van der Waals surface area contributed by atoms with Crippen molar-refractivity contribution in [1.29, 1.82) is 0 Å². The zero-order valence-corrected chi connectivity index (χ0v) is 17.2. The molecule has 2 N–H and O–H groups in total. The molecule has 0 radical (unpaired) electrons. The maximum absolute atomic E-state index is 6.16. The van der Waals surface area contributed by atoms with Gasteiger partial charge in [0, 0.05) is 19.6 Å². The fourth-order valence-electron chi connectivity index (χ4n) is 2.65. The van der Waals surface area contributed by atoms with E-state index in [1.54, 1.807) is 0 Å². The molecule has 1 aromatic rings. The lowest BCUT2D eigenvalue weighted by Crippen LogP contribution is -2.38. The summed E-state index contributed by atoms with van der Waals surface area (Å²) < 4.78 is 5.77. The van der Waals surface area contributed by atoms with Gasteiger partial charge in [0.15, 0.2) is 5.96 Å². The van der Waals surface area contributed by atoms with Crippen molar-refractivity contribution in [3.63, 3.8) is 0 Å². The number of nitrogens with zero attached hydrogens (tertiary/aromatic N) is 3. The summed E-state index contributed by atoms with van der Waals surface area (Å²) in [7, 11) is 4.08. The first-order valence-electron chi connectivity index (χ1n) is 8.56. The molecule has 2 rings (SSSR count). The van der Waals surface area contributed by atoms with Crippen molar-refractivity contribution >= 4 is 29.9 Å². The molecule has 1 heterocycles. The van der Waals surface area contributed by atoms with Gasteiger partial charge in [0.2, 0.25) is 0 Å². The molecule has 24 heavy (non-hydrogen) atoms. The molecule has 1 aliphatic heterocycles. The highest BCUT2D eigenvalue weighted by molar-refractivity contribution is 14.0. The minimum atomic E-state index is 0. The fraction of sp³-hybridized carbons (Fsp3) is 0.611. The average Bonchev–Trinajstić information content (AvgIpc) is 2.82. The first kappa shape index (κ1) is 21.0. The Morgan fingerprint density at radius 1 is 1.21 bits per heavy atom. The molecule has 5 nitrogen and oxygen atoms in total. The molecule has 136 valence electrons. The Bertz CT molecular complexity index is 500. The van der Waals surface area contributed by atoms with Crippen molar-refractivity contribution < 1.29 is 4.74 Å². The molecule has 0 unspecified atom stereocenters. The van der Waals surface area contributed by atoms with Gasteiger partial charge in [-0.05, 0) is 44.6 Å². The van der Waals surface area contributed by atoms with Crippen LogP contribution in [0, 0.1) is 0 Å². The first-order valence-corrected chi connectivity index (χ1v) is 8.56. The molecule has 0 aliphatic carbocycles. The quantitative estimate of drug-likeness (QED) is 0.415. The van der Waals surface area contributed by atoms with Crippen molar-refractivity contribution in [3.05, 3.63) is 29.8 Å². The number of aliphatic imine (C=N–C) groups is 1. The molecule has 1 fully saturated rings. The van der Waals surface area contributed by atoms with Crippen LogP contribution >= 0.6 is 24.0 Å². The highest BCUT2D eigenvalue weighted by Gasteiger charge is 2.10. The fourth-order valence-corrected chi connectivity index (χ4v) is 2.65. The van der Waals surface area contributed by atoms with Gasteiger partial charge >= 0.3 is 0 Å². The van der Waals surface area contributed by atoms with Crippen LogP contribution in [-0.4, -0.2) is 56.1 Å². The molecular weight excluding hydrogens is 415 g/mol. The molecule has 1 saturated heterocycles. The van der Waals surface area contributed by atoms with Gasteiger partial charge in [0.05, 0.1) is 6.54 Å². The van der Waals surface area contributed by atoms with Crippen molar-refractivity contribution in [2.24, 2.45) is 10.7 Å². The number of benzene rings is 1. The molecule has 0 bridgehead atoms. The third-order valence-electron chi connectivity index (χ3n) is 4.06. The van der Waals surface area contributed by atoms with Crippen LogP contribution in [0.2, 0.25) is 0 Å². The van der Waals surface area contributed by atoms with E-state index in [0.717, 1.165) is 30.9 Å². The number of likely N-dealkylation sites (tertiary alicyclic amines) is 1. The number of ether oxygens (including phenoxy) is 1. The summed E-state index contributed by atoms with van der Waals surface area (Å²) in [6, 6.07) is 8.12. The molecule has 0 spiro atoms. The van der Waals surface area contributed by atoms with Gasteiger partial charge in [-0.1, -0.05) is 25.0 Å². The second-order valence-electron chi connectivity index (χ2n) is 6.37.